The van der Waals surface area contributed by atoms with Crippen LogP contribution in [0.1, 0.15) is 11.6 Å². The lowest BCUT2D eigenvalue weighted by Crippen LogP contribution is -2.34. The van der Waals surface area contributed by atoms with Crippen molar-refractivity contribution in [2.24, 2.45) is 5.14 Å². The summed E-state index contributed by atoms with van der Waals surface area (Å²) in [5, 5.41) is 4.88. The van der Waals surface area contributed by atoms with Crippen molar-refractivity contribution in [1.29, 1.82) is 0 Å². The van der Waals surface area contributed by atoms with Crippen molar-refractivity contribution in [3.8, 4) is 5.75 Å². The van der Waals surface area contributed by atoms with Gasteiger partial charge in [-0.15, -0.1) is 0 Å². The van der Waals surface area contributed by atoms with Gasteiger partial charge in [0.1, 0.15) is 12.4 Å². The summed E-state index contributed by atoms with van der Waals surface area (Å²) in [5.74, 6) is 0.702. The van der Waals surface area contributed by atoms with Crippen LogP contribution in [0.15, 0.2) is 24.3 Å². The molecule has 0 spiro atoms. The molecule has 0 saturated heterocycles. The van der Waals surface area contributed by atoms with Gasteiger partial charge in [0.25, 0.3) is 10.2 Å². The SMILES string of the molecule is NS(=O)(=O)NC1COc2ccccc21. The number of hydrogen-bond acceptors (Lipinski definition) is 3. The Bertz CT molecular complexity index is 444. The third-order valence-electron chi connectivity index (χ3n) is 2.01. The Hall–Kier alpha value is -1.11. The second-order valence-corrected chi connectivity index (χ2v) is 4.39. The van der Waals surface area contributed by atoms with E-state index >= 15 is 0 Å². The summed E-state index contributed by atoms with van der Waals surface area (Å²) in [6.07, 6.45) is 0. The molecule has 1 aliphatic rings. The maximum absolute atomic E-state index is 10.8. The number of fused-ring (bicyclic) bond motifs is 1. The molecule has 0 fully saturated rings. The number of para-hydroxylation sites is 1. The molecule has 0 bridgehead atoms. The van der Waals surface area contributed by atoms with Crippen LogP contribution in [0.5, 0.6) is 5.75 Å². The maximum atomic E-state index is 10.8. The van der Waals surface area contributed by atoms with Crippen molar-refractivity contribution in [2.45, 2.75) is 6.04 Å². The van der Waals surface area contributed by atoms with Crippen LogP contribution < -0.4 is 14.6 Å². The lowest BCUT2D eigenvalue weighted by molar-refractivity contribution is 0.325. The molecule has 1 atom stereocenters. The number of nitrogens with two attached hydrogens (primary N) is 1. The zero-order chi connectivity index (χ0) is 10.2. The molecule has 0 amide bonds. The maximum Gasteiger partial charge on any atom is 0.275 e. The van der Waals surface area contributed by atoms with Crippen LogP contribution in [-0.2, 0) is 10.2 Å². The van der Waals surface area contributed by atoms with Gasteiger partial charge in [-0.1, -0.05) is 18.2 Å². The quantitative estimate of drug-likeness (QED) is 0.722. The molecule has 76 valence electrons. The highest BCUT2D eigenvalue weighted by molar-refractivity contribution is 7.87. The normalized spacial score (nSPS) is 20.2. The molecule has 3 N–H and O–H groups in total. The predicted octanol–water partition coefficient (Wildman–Crippen LogP) is -0.0868. The van der Waals surface area contributed by atoms with E-state index in [1.165, 1.54) is 0 Å². The first kappa shape index (κ1) is 9.45. The molecule has 2 rings (SSSR count). The highest BCUT2D eigenvalue weighted by Gasteiger charge is 2.25. The molecule has 1 unspecified atom stereocenters. The zero-order valence-electron chi connectivity index (χ0n) is 7.30. The Balaban J connectivity index is 2.27. The van der Waals surface area contributed by atoms with Crippen LogP contribution in [0, 0.1) is 0 Å². The molecule has 14 heavy (non-hydrogen) atoms. The van der Waals surface area contributed by atoms with Crippen LogP contribution in [-0.4, -0.2) is 15.0 Å². The fourth-order valence-electron chi connectivity index (χ4n) is 1.46. The molecule has 5 nitrogen and oxygen atoms in total. The average Bonchev–Trinajstić information content (AvgIpc) is 2.47. The van der Waals surface area contributed by atoms with E-state index in [1.807, 2.05) is 18.2 Å². The first-order valence-electron chi connectivity index (χ1n) is 4.08. The van der Waals surface area contributed by atoms with E-state index in [2.05, 4.69) is 4.72 Å². The van der Waals surface area contributed by atoms with Gasteiger partial charge in [0.15, 0.2) is 0 Å². The van der Waals surface area contributed by atoms with Gasteiger partial charge in [-0.3, -0.25) is 0 Å². The third kappa shape index (κ3) is 1.87. The minimum absolute atomic E-state index is 0.287. The van der Waals surface area contributed by atoms with Crippen LogP contribution >= 0.6 is 0 Å². The van der Waals surface area contributed by atoms with Gasteiger partial charge in [0.2, 0.25) is 0 Å². The van der Waals surface area contributed by atoms with Gasteiger partial charge >= 0.3 is 0 Å². The summed E-state index contributed by atoms with van der Waals surface area (Å²) in [6.45, 7) is 0.287. The van der Waals surface area contributed by atoms with Gasteiger partial charge in [-0.2, -0.15) is 13.1 Å². The van der Waals surface area contributed by atoms with Crippen molar-refractivity contribution in [2.75, 3.05) is 6.61 Å². The Morgan fingerprint density at radius 1 is 1.43 bits per heavy atom. The molecule has 0 saturated carbocycles. The van der Waals surface area contributed by atoms with Crippen molar-refractivity contribution in [1.82, 2.24) is 4.72 Å². The Kier molecular flexibility index (Phi) is 2.18. The van der Waals surface area contributed by atoms with Crippen LogP contribution in [0.3, 0.4) is 0 Å². The van der Waals surface area contributed by atoms with Crippen LogP contribution in [0.4, 0.5) is 0 Å². The van der Waals surface area contributed by atoms with E-state index in [1.54, 1.807) is 6.07 Å². The lowest BCUT2D eigenvalue weighted by Gasteiger charge is -2.08. The molecule has 0 aromatic heterocycles. The fourth-order valence-corrected chi connectivity index (χ4v) is 2.05. The third-order valence-corrected chi connectivity index (χ3v) is 2.62. The number of hydrogen-bond donors (Lipinski definition) is 2. The second kappa shape index (κ2) is 3.23. The molecule has 1 aromatic carbocycles. The molecular formula is C8H10N2O3S. The fraction of sp³-hybridized carbons (Fsp3) is 0.250. The van der Waals surface area contributed by atoms with Crippen molar-refractivity contribution >= 4 is 10.2 Å². The minimum atomic E-state index is -3.68. The zero-order valence-corrected chi connectivity index (χ0v) is 8.12. The summed E-state index contributed by atoms with van der Waals surface area (Å²) >= 11 is 0. The van der Waals surface area contributed by atoms with E-state index in [-0.39, 0.29) is 12.6 Å². The highest BCUT2D eigenvalue weighted by atomic mass is 32.2. The predicted molar refractivity (Wildman–Crippen MR) is 50.9 cm³/mol. The minimum Gasteiger partial charge on any atom is -0.491 e. The molecule has 0 aliphatic carbocycles. The van der Waals surface area contributed by atoms with Crippen LogP contribution in [0.25, 0.3) is 0 Å². The second-order valence-electron chi connectivity index (χ2n) is 3.06. The molecule has 0 radical (unpaired) electrons. The molecular weight excluding hydrogens is 204 g/mol. The first-order valence-corrected chi connectivity index (χ1v) is 5.63. The van der Waals surface area contributed by atoms with E-state index in [4.69, 9.17) is 9.88 Å². The van der Waals surface area contributed by atoms with Crippen LogP contribution in [0.2, 0.25) is 0 Å². The van der Waals surface area contributed by atoms with E-state index in [9.17, 15) is 8.42 Å². The van der Waals surface area contributed by atoms with Gasteiger partial charge in [0.05, 0.1) is 6.04 Å². The molecule has 6 heteroatoms. The summed E-state index contributed by atoms with van der Waals surface area (Å²) < 4.78 is 29.2. The van der Waals surface area contributed by atoms with Crippen molar-refractivity contribution in [3.05, 3.63) is 29.8 Å². The van der Waals surface area contributed by atoms with Gasteiger partial charge in [0, 0.05) is 5.56 Å². The number of nitrogens with one attached hydrogen (secondary N) is 1. The number of ether oxygens (including phenoxy) is 1. The molecule has 1 aliphatic heterocycles. The van der Waals surface area contributed by atoms with E-state index in [0.717, 1.165) is 5.56 Å². The largest absolute Gasteiger partial charge is 0.491 e. The van der Waals surface area contributed by atoms with Crippen molar-refractivity contribution in [3.63, 3.8) is 0 Å². The number of benzene rings is 1. The Labute approximate surface area is 82.1 Å². The van der Waals surface area contributed by atoms with Gasteiger partial charge < -0.3 is 4.74 Å². The Morgan fingerprint density at radius 3 is 2.86 bits per heavy atom. The summed E-state index contributed by atoms with van der Waals surface area (Å²) in [7, 11) is -3.68. The summed E-state index contributed by atoms with van der Waals surface area (Å²) in [6, 6.07) is 6.88. The Morgan fingerprint density at radius 2 is 2.14 bits per heavy atom. The van der Waals surface area contributed by atoms with Gasteiger partial charge in [-0.25, -0.2) is 5.14 Å². The monoisotopic (exact) mass is 214 g/mol. The smallest absolute Gasteiger partial charge is 0.275 e. The average molecular weight is 214 g/mol. The lowest BCUT2D eigenvalue weighted by atomic mass is 10.1. The van der Waals surface area contributed by atoms with E-state index < -0.39 is 10.2 Å². The molecule has 1 heterocycles. The summed E-state index contributed by atoms with van der Waals surface area (Å²) in [5.41, 5.74) is 0.821. The number of rotatable bonds is 2. The van der Waals surface area contributed by atoms with E-state index in [0.29, 0.717) is 5.75 Å². The summed E-state index contributed by atoms with van der Waals surface area (Å²) in [4.78, 5) is 0. The van der Waals surface area contributed by atoms with Gasteiger partial charge in [-0.05, 0) is 6.07 Å². The van der Waals surface area contributed by atoms with Crippen molar-refractivity contribution < 1.29 is 13.2 Å². The molecule has 1 aromatic rings. The standard InChI is InChI=1S/C8H10N2O3S/c9-14(11,12)10-7-5-13-8-4-2-1-3-6(7)8/h1-4,7,10H,5H2,(H2,9,11,12). The topological polar surface area (TPSA) is 81.4 Å². The first-order chi connectivity index (χ1) is 6.56. The highest BCUT2D eigenvalue weighted by Crippen LogP contribution is 2.31.